The second-order valence-electron chi connectivity index (χ2n) is 1.00. The number of hydrogen-bond acceptors (Lipinski definition) is 0. The smallest absolute Gasteiger partial charge is 0 e. The van der Waals surface area contributed by atoms with Crippen molar-refractivity contribution in [2.75, 3.05) is 0 Å². The Labute approximate surface area is 66.2 Å². The van der Waals surface area contributed by atoms with Crippen LogP contribution < -0.4 is 9.41 Å². The van der Waals surface area contributed by atoms with Crippen LogP contribution in [0.5, 0.6) is 0 Å². The first-order chi connectivity index (χ1) is 2.50. The van der Waals surface area contributed by atoms with E-state index in [1.165, 1.54) is 0 Å². The van der Waals surface area contributed by atoms with Crippen molar-refractivity contribution in [2.24, 2.45) is 0 Å². The third-order valence-electron chi connectivity index (χ3n) is 0.586. The summed E-state index contributed by atoms with van der Waals surface area (Å²) in [5.74, 6) is 0. The van der Waals surface area contributed by atoms with Gasteiger partial charge in [0.1, 0.15) is 0 Å². The zero-order chi connectivity index (χ0) is 3.54. The maximum absolute atomic E-state index is 2.99. The molecule has 0 aromatic rings. The summed E-state index contributed by atoms with van der Waals surface area (Å²) in [6, 6.07) is 0. The predicted octanol–water partition coefficient (Wildman–Crippen LogP) is -4.69. The minimum Gasteiger partial charge on any atom is -1.00 e. The Kier molecular flexibility index (Phi) is 20.1. The van der Waals surface area contributed by atoms with Crippen LogP contribution in [-0.4, -0.2) is 0 Å². The molecule has 1 rings (SSSR count). The molecule has 0 saturated carbocycles. The molecule has 0 nitrogen and oxygen atoms in total. The number of rotatable bonds is 0. The van der Waals surface area contributed by atoms with Gasteiger partial charge in [-0.15, -0.1) is 6.42 Å². The molecule has 0 heterocycles. The normalized spacial score (nSPS) is 11.0. The van der Waals surface area contributed by atoms with Crippen molar-refractivity contribution in [2.45, 2.75) is 6.42 Å². The van der Waals surface area contributed by atoms with Gasteiger partial charge in [0.25, 0.3) is 0 Å². The standard InChI is InChI=1S/C5H5.2FH.Hf/c1-2-4-5-3-1;;;/h1-3H,4H2;2*1H;/q-1;;;/p-2. The van der Waals surface area contributed by atoms with Crippen LogP contribution in [-0.2, 0) is 25.8 Å². The molecule has 0 N–H and O–H groups in total. The van der Waals surface area contributed by atoms with Crippen molar-refractivity contribution in [3.05, 3.63) is 24.3 Å². The Balaban J connectivity index is -0.0000000833. The molecule has 8 heavy (non-hydrogen) atoms. The Morgan fingerprint density at radius 3 is 2.00 bits per heavy atom. The Morgan fingerprint density at radius 1 is 1.25 bits per heavy atom. The SMILES string of the molecule is [C-]1=CC=CC1.[F-].[F-].[Hf]. The van der Waals surface area contributed by atoms with E-state index >= 15 is 0 Å². The first-order valence-electron chi connectivity index (χ1n) is 1.72. The maximum Gasteiger partial charge on any atom is 0 e. The van der Waals surface area contributed by atoms with E-state index in [2.05, 4.69) is 12.2 Å². The summed E-state index contributed by atoms with van der Waals surface area (Å²) < 4.78 is 0. The molecule has 3 heteroatoms. The zero-order valence-corrected chi connectivity index (χ0v) is 7.79. The summed E-state index contributed by atoms with van der Waals surface area (Å²) in [4.78, 5) is 0. The molecule has 0 unspecified atom stereocenters. The third kappa shape index (κ3) is 6.21. The fourth-order valence-electron chi connectivity index (χ4n) is 0.340. The first-order valence-corrected chi connectivity index (χ1v) is 1.72. The molecule has 0 bridgehead atoms. The average molecular weight is 282 g/mol. The number of hydrogen-bond donors (Lipinski definition) is 0. The zero-order valence-electron chi connectivity index (χ0n) is 4.20. The monoisotopic (exact) mass is 283 g/mol. The summed E-state index contributed by atoms with van der Waals surface area (Å²) in [5, 5.41) is 0. The van der Waals surface area contributed by atoms with Crippen molar-refractivity contribution >= 4 is 0 Å². The van der Waals surface area contributed by atoms with Crippen LogP contribution in [0.15, 0.2) is 18.2 Å². The fraction of sp³-hybridized carbons (Fsp3) is 0.200. The summed E-state index contributed by atoms with van der Waals surface area (Å²) in [6.07, 6.45) is 10.0. The van der Waals surface area contributed by atoms with Gasteiger partial charge in [-0.25, -0.2) is 12.2 Å². The second kappa shape index (κ2) is 10.2. The molecular weight excluding hydrogens is 277 g/mol. The van der Waals surface area contributed by atoms with Gasteiger partial charge >= 0.3 is 0 Å². The van der Waals surface area contributed by atoms with Gasteiger partial charge in [0.05, 0.1) is 0 Å². The molecule has 0 fully saturated rings. The maximum atomic E-state index is 2.99. The van der Waals surface area contributed by atoms with Crippen LogP contribution in [0.2, 0.25) is 0 Å². The Bertz CT molecular complexity index is 68.5. The van der Waals surface area contributed by atoms with E-state index in [4.69, 9.17) is 0 Å². The minimum atomic E-state index is 0. The van der Waals surface area contributed by atoms with Crippen LogP contribution in [0.3, 0.4) is 0 Å². The van der Waals surface area contributed by atoms with Crippen molar-refractivity contribution in [3.63, 3.8) is 0 Å². The minimum absolute atomic E-state index is 0. The fourth-order valence-corrected chi connectivity index (χ4v) is 0.340. The molecule has 0 saturated heterocycles. The molecule has 0 aliphatic heterocycles. The van der Waals surface area contributed by atoms with Crippen LogP contribution in [0.25, 0.3) is 0 Å². The summed E-state index contributed by atoms with van der Waals surface area (Å²) in [7, 11) is 0. The average Bonchev–Trinajstić information content (AvgIpc) is 1.76. The van der Waals surface area contributed by atoms with Gasteiger partial charge in [0, 0.05) is 25.8 Å². The second-order valence-corrected chi connectivity index (χ2v) is 1.00. The number of halogens is 2. The Morgan fingerprint density at radius 2 is 1.88 bits per heavy atom. The van der Waals surface area contributed by atoms with Crippen LogP contribution >= 0.6 is 0 Å². The van der Waals surface area contributed by atoms with E-state index in [-0.39, 0.29) is 35.3 Å². The van der Waals surface area contributed by atoms with Gasteiger partial charge in [-0.1, -0.05) is 0 Å². The topological polar surface area (TPSA) is 0 Å². The molecule has 0 radical (unpaired) electrons. The van der Waals surface area contributed by atoms with Crippen molar-refractivity contribution < 1.29 is 35.3 Å². The molecule has 0 atom stereocenters. The quantitative estimate of drug-likeness (QED) is 0.309. The van der Waals surface area contributed by atoms with Gasteiger partial charge in [-0.3, -0.25) is 6.08 Å². The molecule has 1 aliphatic rings. The van der Waals surface area contributed by atoms with Gasteiger partial charge in [-0.2, -0.15) is 6.08 Å². The predicted molar refractivity (Wildman–Crippen MR) is 21.6 cm³/mol. The largest absolute Gasteiger partial charge is 1.00 e. The van der Waals surface area contributed by atoms with E-state index in [1.54, 1.807) is 0 Å². The summed E-state index contributed by atoms with van der Waals surface area (Å²) in [6.45, 7) is 0. The molecule has 46 valence electrons. The third-order valence-corrected chi connectivity index (χ3v) is 0.586. The van der Waals surface area contributed by atoms with Crippen LogP contribution in [0, 0.1) is 6.08 Å². The molecule has 0 aromatic carbocycles. The molecule has 0 amide bonds. The van der Waals surface area contributed by atoms with Crippen molar-refractivity contribution in [1.82, 2.24) is 0 Å². The van der Waals surface area contributed by atoms with Crippen LogP contribution in [0.4, 0.5) is 0 Å². The molecular formula is C5H5F2Hf-3. The molecule has 0 spiro atoms. The van der Waals surface area contributed by atoms with Crippen molar-refractivity contribution in [1.29, 1.82) is 0 Å². The van der Waals surface area contributed by atoms with Crippen molar-refractivity contribution in [3.8, 4) is 0 Å². The number of allylic oxidation sites excluding steroid dienone is 4. The van der Waals surface area contributed by atoms with Gasteiger partial charge in [0.15, 0.2) is 0 Å². The van der Waals surface area contributed by atoms with E-state index in [9.17, 15) is 0 Å². The van der Waals surface area contributed by atoms with E-state index in [1.807, 2.05) is 12.2 Å². The van der Waals surface area contributed by atoms with Gasteiger partial charge < -0.3 is 9.41 Å². The van der Waals surface area contributed by atoms with E-state index < -0.39 is 0 Å². The van der Waals surface area contributed by atoms with E-state index in [0.29, 0.717) is 0 Å². The molecule has 1 aliphatic carbocycles. The van der Waals surface area contributed by atoms with Crippen LogP contribution in [0.1, 0.15) is 6.42 Å². The summed E-state index contributed by atoms with van der Waals surface area (Å²) >= 11 is 0. The Hall–Kier alpha value is 0.210. The first kappa shape index (κ1) is 15.7. The van der Waals surface area contributed by atoms with Gasteiger partial charge in [0.2, 0.25) is 0 Å². The van der Waals surface area contributed by atoms with Gasteiger partial charge in [-0.05, 0) is 0 Å². The molecule has 0 aromatic heterocycles. The van der Waals surface area contributed by atoms with E-state index in [0.717, 1.165) is 6.42 Å². The summed E-state index contributed by atoms with van der Waals surface area (Å²) in [5.41, 5.74) is 0.